The lowest BCUT2D eigenvalue weighted by Gasteiger charge is -2.10. The Morgan fingerprint density at radius 3 is 2.74 bits per heavy atom. The van der Waals surface area contributed by atoms with E-state index in [1.54, 1.807) is 0 Å². The highest BCUT2D eigenvalue weighted by Gasteiger charge is 2.11. The van der Waals surface area contributed by atoms with Gasteiger partial charge in [0.1, 0.15) is 12.4 Å². The summed E-state index contributed by atoms with van der Waals surface area (Å²) in [4.78, 5) is 14.5. The molecule has 1 aromatic rings. The highest BCUT2D eigenvalue weighted by Crippen LogP contribution is 2.21. The first-order valence-electron chi connectivity index (χ1n) is 6.17. The minimum absolute atomic E-state index is 0.0503. The zero-order chi connectivity index (χ0) is 14.3. The number of rotatable bonds is 8. The van der Waals surface area contributed by atoms with Crippen LogP contribution in [-0.2, 0) is 4.74 Å². The molecule has 0 radical (unpaired) electrons. The Bertz CT molecular complexity index is 423. The number of anilines is 1. The number of hydrogen-bond acceptors (Lipinski definition) is 6. The van der Waals surface area contributed by atoms with Gasteiger partial charge in [-0.25, -0.2) is 0 Å². The monoisotopic (exact) mass is 269 g/mol. The summed E-state index contributed by atoms with van der Waals surface area (Å²) in [6, 6.07) is 2.68. The van der Waals surface area contributed by atoms with Crippen LogP contribution in [0.4, 0.5) is 11.5 Å². The lowest BCUT2D eigenvalue weighted by Crippen LogP contribution is -2.12. The van der Waals surface area contributed by atoms with Crippen LogP contribution in [0.15, 0.2) is 12.1 Å². The van der Waals surface area contributed by atoms with Gasteiger partial charge in [0.25, 0.3) is 5.69 Å². The summed E-state index contributed by atoms with van der Waals surface area (Å²) in [7, 11) is 0. The Morgan fingerprint density at radius 2 is 2.16 bits per heavy atom. The van der Waals surface area contributed by atoms with Crippen LogP contribution in [-0.4, -0.2) is 35.8 Å². The van der Waals surface area contributed by atoms with Crippen molar-refractivity contribution >= 4 is 11.5 Å². The standard InChI is InChI=1S/C12H19N3O4/c1-4-13-11-7-10(15(16)17)8-12(14-11)19-6-5-18-9(2)3/h7-9H,4-6H2,1-3H3,(H,13,14). The minimum atomic E-state index is -0.472. The molecule has 0 unspecified atom stereocenters. The number of hydrogen-bond donors (Lipinski definition) is 1. The van der Waals surface area contributed by atoms with E-state index in [0.29, 0.717) is 25.6 Å². The second kappa shape index (κ2) is 7.52. The molecule has 1 rings (SSSR count). The zero-order valence-corrected chi connectivity index (χ0v) is 11.4. The molecule has 0 fully saturated rings. The van der Waals surface area contributed by atoms with Crippen LogP contribution in [0.3, 0.4) is 0 Å². The average molecular weight is 269 g/mol. The van der Waals surface area contributed by atoms with Crippen molar-refractivity contribution < 1.29 is 14.4 Å². The lowest BCUT2D eigenvalue weighted by atomic mass is 10.4. The van der Waals surface area contributed by atoms with Gasteiger partial charge in [-0.15, -0.1) is 0 Å². The molecule has 7 nitrogen and oxygen atoms in total. The van der Waals surface area contributed by atoms with E-state index in [1.165, 1.54) is 12.1 Å². The molecule has 0 spiro atoms. The fourth-order valence-electron chi connectivity index (χ4n) is 1.37. The average Bonchev–Trinajstić information content (AvgIpc) is 2.34. The fraction of sp³-hybridized carbons (Fsp3) is 0.583. The first kappa shape index (κ1) is 15.2. The quantitative estimate of drug-likeness (QED) is 0.442. The van der Waals surface area contributed by atoms with E-state index in [2.05, 4.69) is 10.3 Å². The van der Waals surface area contributed by atoms with E-state index in [9.17, 15) is 10.1 Å². The maximum Gasteiger partial charge on any atom is 0.278 e. The van der Waals surface area contributed by atoms with E-state index in [4.69, 9.17) is 9.47 Å². The predicted molar refractivity (Wildman–Crippen MR) is 71.6 cm³/mol. The van der Waals surface area contributed by atoms with Gasteiger partial charge in [0, 0.05) is 6.54 Å². The Kier molecular flexibility index (Phi) is 6.01. The molecule has 0 saturated heterocycles. The molecular formula is C12H19N3O4. The summed E-state index contributed by atoms with van der Waals surface area (Å²) in [5, 5.41) is 13.7. The van der Waals surface area contributed by atoms with Crippen molar-refractivity contribution in [2.75, 3.05) is 25.1 Å². The molecule has 0 aliphatic heterocycles. The number of nitro groups is 1. The van der Waals surface area contributed by atoms with Crippen LogP contribution in [0, 0.1) is 10.1 Å². The normalized spacial score (nSPS) is 10.5. The third-order valence-corrected chi connectivity index (χ3v) is 2.14. The third kappa shape index (κ3) is 5.52. The predicted octanol–water partition coefficient (Wildman–Crippen LogP) is 2.23. The van der Waals surface area contributed by atoms with Crippen LogP contribution in [0.2, 0.25) is 0 Å². The van der Waals surface area contributed by atoms with Crippen LogP contribution < -0.4 is 10.1 Å². The second-order valence-electron chi connectivity index (χ2n) is 4.10. The van der Waals surface area contributed by atoms with Crippen LogP contribution in [0.1, 0.15) is 20.8 Å². The van der Waals surface area contributed by atoms with Crippen molar-refractivity contribution in [1.29, 1.82) is 0 Å². The Labute approximate surface area is 112 Å². The largest absolute Gasteiger partial charge is 0.475 e. The van der Waals surface area contributed by atoms with Crippen molar-refractivity contribution in [3.05, 3.63) is 22.2 Å². The highest BCUT2D eigenvalue weighted by atomic mass is 16.6. The van der Waals surface area contributed by atoms with Gasteiger partial charge >= 0.3 is 0 Å². The van der Waals surface area contributed by atoms with Gasteiger partial charge in [-0.3, -0.25) is 10.1 Å². The molecule has 19 heavy (non-hydrogen) atoms. The van der Waals surface area contributed by atoms with Gasteiger partial charge in [-0.05, 0) is 20.8 Å². The van der Waals surface area contributed by atoms with E-state index in [1.807, 2.05) is 20.8 Å². The summed E-state index contributed by atoms with van der Waals surface area (Å²) >= 11 is 0. The second-order valence-corrected chi connectivity index (χ2v) is 4.10. The number of nitrogens with one attached hydrogen (secondary N) is 1. The summed E-state index contributed by atoms with van der Waals surface area (Å²) in [5.74, 6) is 0.647. The van der Waals surface area contributed by atoms with E-state index >= 15 is 0 Å². The molecule has 0 bridgehead atoms. The summed E-state index contributed by atoms with van der Waals surface area (Å²) in [6.07, 6.45) is 0.124. The number of ether oxygens (including phenoxy) is 2. The van der Waals surface area contributed by atoms with Crippen LogP contribution in [0.25, 0.3) is 0 Å². The zero-order valence-electron chi connectivity index (χ0n) is 11.4. The van der Waals surface area contributed by atoms with Crippen molar-refractivity contribution in [1.82, 2.24) is 4.98 Å². The molecule has 1 N–H and O–H groups in total. The molecule has 0 aliphatic carbocycles. The molecule has 1 aromatic heterocycles. The SMILES string of the molecule is CCNc1cc([N+](=O)[O-])cc(OCCOC(C)C)n1. The van der Waals surface area contributed by atoms with Crippen molar-refractivity contribution in [2.24, 2.45) is 0 Å². The van der Waals surface area contributed by atoms with Crippen molar-refractivity contribution in [3.8, 4) is 5.88 Å². The van der Waals surface area contributed by atoms with Gasteiger partial charge < -0.3 is 14.8 Å². The molecule has 0 aliphatic rings. The van der Waals surface area contributed by atoms with Crippen molar-refractivity contribution in [3.63, 3.8) is 0 Å². The summed E-state index contributed by atoms with van der Waals surface area (Å²) < 4.78 is 10.7. The molecule has 1 heterocycles. The molecule has 106 valence electrons. The molecule has 7 heteroatoms. The van der Waals surface area contributed by atoms with Gasteiger partial charge in [-0.2, -0.15) is 4.98 Å². The van der Waals surface area contributed by atoms with E-state index in [0.717, 1.165) is 0 Å². The number of pyridine rings is 1. The first-order chi connectivity index (χ1) is 9.02. The maximum absolute atomic E-state index is 10.8. The van der Waals surface area contributed by atoms with Gasteiger partial charge in [0.15, 0.2) is 0 Å². The van der Waals surface area contributed by atoms with Gasteiger partial charge in [-0.1, -0.05) is 0 Å². The maximum atomic E-state index is 10.8. The molecular weight excluding hydrogens is 250 g/mol. The minimum Gasteiger partial charge on any atom is -0.475 e. The molecule has 0 amide bonds. The smallest absolute Gasteiger partial charge is 0.278 e. The Hall–Kier alpha value is -1.89. The van der Waals surface area contributed by atoms with Crippen LogP contribution >= 0.6 is 0 Å². The third-order valence-electron chi connectivity index (χ3n) is 2.14. The Balaban J connectivity index is 2.67. The lowest BCUT2D eigenvalue weighted by molar-refractivity contribution is -0.384. The molecule has 0 aromatic carbocycles. The highest BCUT2D eigenvalue weighted by molar-refractivity contribution is 5.48. The van der Waals surface area contributed by atoms with Crippen molar-refractivity contribution in [2.45, 2.75) is 26.9 Å². The Morgan fingerprint density at radius 1 is 1.42 bits per heavy atom. The summed E-state index contributed by atoms with van der Waals surface area (Å²) in [5.41, 5.74) is -0.0503. The van der Waals surface area contributed by atoms with E-state index in [-0.39, 0.29) is 17.7 Å². The van der Waals surface area contributed by atoms with E-state index < -0.39 is 4.92 Å². The topological polar surface area (TPSA) is 86.5 Å². The number of nitrogens with zero attached hydrogens (tertiary/aromatic N) is 2. The number of aromatic nitrogens is 1. The van der Waals surface area contributed by atoms with Gasteiger partial charge in [0.2, 0.25) is 5.88 Å². The first-order valence-corrected chi connectivity index (χ1v) is 6.17. The molecule has 0 saturated carbocycles. The fourth-order valence-corrected chi connectivity index (χ4v) is 1.37. The summed E-state index contributed by atoms with van der Waals surface area (Å²) in [6.45, 7) is 7.09. The van der Waals surface area contributed by atoms with Crippen LogP contribution in [0.5, 0.6) is 5.88 Å². The van der Waals surface area contributed by atoms with Gasteiger partial charge in [0.05, 0.1) is 29.8 Å². The molecule has 0 atom stereocenters.